The largest absolute Gasteiger partial charge is 0.417 e. The molecule has 0 aliphatic carbocycles. The molecule has 2 rings (SSSR count). The van der Waals surface area contributed by atoms with Gasteiger partial charge >= 0.3 is 6.18 Å². The van der Waals surface area contributed by atoms with Crippen LogP contribution in [0.3, 0.4) is 0 Å². The Bertz CT molecular complexity index is 612. The van der Waals surface area contributed by atoms with Crippen molar-refractivity contribution in [3.8, 4) is 11.3 Å². The molecule has 0 radical (unpaired) electrons. The Morgan fingerprint density at radius 1 is 1.14 bits per heavy atom. The molecule has 1 aromatic heterocycles. The van der Waals surface area contributed by atoms with E-state index in [0.717, 1.165) is 6.07 Å². The molecule has 0 amide bonds. The fourth-order valence-corrected chi connectivity index (χ4v) is 1.90. The van der Waals surface area contributed by atoms with Crippen molar-refractivity contribution < 1.29 is 17.7 Å². The molecule has 1 heterocycles. The van der Waals surface area contributed by atoms with Gasteiger partial charge in [0.15, 0.2) is 5.76 Å². The molecular formula is C15H17F3N2O. The fraction of sp³-hybridized carbons (Fsp3) is 0.400. The van der Waals surface area contributed by atoms with E-state index in [4.69, 9.17) is 4.52 Å². The molecule has 0 aliphatic heterocycles. The lowest BCUT2D eigenvalue weighted by Gasteiger charge is -2.20. The molecule has 3 nitrogen and oxygen atoms in total. The number of nitrogens with zero attached hydrogens (tertiary/aromatic N) is 1. The van der Waals surface area contributed by atoms with E-state index in [-0.39, 0.29) is 16.9 Å². The molecule has 2 aromatic rings. The van der Waals surface area contributed by atoms with E-state index in [1.807, 2.05) is 20.8 Å². The Labute approximate surface area is 121 Å². The normalized spacial score (nSPS) is 12.7. The second kappa shape index (κ2) is 5.52. The first-order chi connectivity index (χ1) is 9.68. The van der Waals surface area contributed by atoms with Gasteiger partial charge in [0.2, 0.25) is 0 Å². The summed E-state index contributed by atoms with van der Waals surface area (Å²) in [5.41, 5.74) is -0.272. The molecule has 114 valence electrons. The van der Waals surface area contributed by atoms with Crippen molar-refractivity contribution in [3.63, 3.8) is 0 Å². The summed E-state index contributed by atoms with van der Waals surface area (Å²) in [4.78, 5) is 0. The number of hydrogen-bond donors (Lipinski definition) is 1. The van der Waals surface area contributed by atoms with Gasteiger partial charge in [0.1, 0.15) is 0 Å². The maximum atomic E-state index is 13.1. The Morgan fingerprint density at radius 2 is 1.81 bits per heavy atom. The SMILES string of the molecule is CC(C)(C)NCc1cnoc1-c1ccccc1C(F)(F)F. The van der Waals surface area contributed by atoms with Gasteiger partial charge in [-0.15, -0.1) is 0 Å². The minimum absolute atomic E-state index is 0.00760. The first kappa shape index (κ1) is 15.6. The molecule has 1 aromatic carbocycles. The van der Waals surface area contributed by atoms with Gasteiger partial charge in [-0.05, 0) is 26.8 Å². The van der Waals surface area contributed by atoms with Gasteiger partial charge in [0.05, 0.1) is 11.8 Å². The lowest BCUT2D eigenvalue weighted by molar-refractivity contribution is -0.137. The zero-order valence-electron chi connectivity index (χ0n) is 12.1. The van der Waals surface area contributed by atoms with E-state index in [1.165, 1.54) is 18.3 Å². The molecule has 21 heavy (non-hydrogen) atoms. The van der Waals surface area contributed by atoms with Gasteiger partial charge in [-0.2, -0.15) is 13.2 Å². The third-order valence-electron chi connectivity index (χ3n) is 2.93. The first-order valence-corrected chi connectivity index (χ1v) is 6.53. The van der Waals surface area contributed by atoms with Crippen LogP contribution in [0, 0.1) is 0 Å². The lowest BCUT2D eigenvalue weighted by Crippen LogP contribution is -2.35. The van der Waals surface area contributed by atoms with E-state index in [2.05, 4.69) is 10.5 Å². The summed E-state index contributed by atoms with van der Waals surface area (Å²) >= 11 is 0. The molecule has 0 unspecified atom stereocenters. The van der Waals surface area contributed by atoms with Crippen LogP contribution >= 0.6 is 0 Å². The monoisotopic (exact) mass is 298 g/mol. The molecule has 0 spiro atoms. The summed E-state index contributed by atoms with van der Waals surface area (Å²) in [6.07, 6.45) is -2.99. The Kier molecular flexibility index (Phi) is 4.09. The standard InChI is InChI=1S/C15H17F3N2O/c1-14(2,3)19-8-10-9-20-21-13(10)11-6-4-5-7-12(11)15(16,17)18/h4-7,9,19H,8H2,1-3H3. The second-order valence-corrected chi connectivity index (χ2v) is 5.83. The van der Waals surface area contributed by atoms with Gasteiger partial charge in [-0.1, -0.05) is 23.4 Å². The average molecular weight is 298 g/mol. The van der Waals surface area contributed by atoms with Crippen LogP contribution in [0.2, 0.25) is 0 Å². The summed E-state index contributed by atoms with van der Waals surface area (Å²) in [5.74, 6) is 0.152. The molecule has 0 fully saturated rings. The summed E-state index contributed by atoms with van der Waals surface area (Å²) in [5, 5.41) is 6.85. The third-order valence-corrected chi connectivity index (χ3v) is 2.93. The predicted octanol–water partition coefficient (Wildman–Crippen LogP) is 4.25. The maximum absolute atomic E-state index is 13.1. The highest BCUT2D eigenvalue weighted by molar-refractivity contribution is 5.65. The van der Waals surface area contributed by atoms with Gasteiger partial charge < -0.3 is 9.84 Å². The van der Waals surface area contributed by atoms with Crippen molar-refractivity contribution in [2.24, 2.45) is 0 Å². The zero-order valence-corrected chi connectivity index (χ0v) is 12.1. The van der Waals surface area contributed by atoms with Crippen LogP contribution in [0.1, 0.15) is 31.9 Å². The van der Waals surface area contributed by atoms with Crippen LogP contribution in [0.25, 0.3) is 11.3 Å². The van der Waals surface area contributed by atoms with Crippen LogP contribution in [0.5, 0.6) is 0 Å². The Morgan fingerprint density at radius 3 is 2.43 bits per heavy atom. The highest BCUT2D eigenvalue weighted by atomic mass is 19.4. The topological polar surface area (TPSA) is 38.1 Å². The van der Waals surface area contributed by atoms with Crippen LogP contribution in [0.15, 0.2) is 35.0 Å². The second-order valence-electron chi connectivity index (χ2n) is 5.83. The van der Waals surface area contributed by atoms with Gasteiger partial charge in [-0.3, -0.25) is 0 Å². The van der Waals surface area contributed by atoms with Crippen molar-refractivity contribution in [1.29, 1.82) is 0 Å². The van der Waals surface area contributed by atoms with Gasteiger partial charge in [-0.25, -0.2) is 0 Å². The molecule has 1 N–H and O–H groups in total. The number of rotatable bonds is 3. The van der Waals surface area contributed by atoms with E-state index in [9.17, 15) is 13.2 Å². The van der Waals surface area contributed by atoms with Crippen LogP contribution in [0.4, 0.5) is 13.2 Å². The van der Waals surface area contributed by atoms with Crippen molar-refractivity contribution >= 4 is 0 Å². The number of benzene rings is 1. The number of nitrogens with one attached hydrogen (secondary N) is 1. The highest BCUT2D eigenvalue weighted by Gasteiger charge is 2.34. The van der Waals surface area contributed by atoms with Gasteiger partial charge in [0, 0.05) is 23.2 Å². The van der Waals surface area contributed by atoms with Crippen molar-refractivity contribution in [2.75, 3.05) is 0 Å². The quantitative estimate of drug-likeness (QED) is 0.920. The van der Waals surface area contributed by atoms with Crippen molar-refractivity contribution in [3.05, 3.63) is 41.6 Å². The fourth-order valence-electron chi connectivity index (χ4n) is 1.90. The third kappa shape index (κ3) is 3.85. The molecule has 6 heteroatoms. The van der Waals surface area contributed by atoms with Crippen LogP contribution in [-0.4, -0.2) is 10.7 Å². The summed E-state index contributed by atoms with van der Waals surface area (Å²) in [6.45, 7) is 6.31. The van der Waals surface area contributed by atoms with Gasteiger partial charge in [0.25, 0.3) is 0 Å². The average Bonchev–Trinajstić information content (AvgIpc) is 2.82. The molecule has 0 saturated carbocycles. The lowest BCUT2D eigenvalue weighted by atomic mass is 10.0. The maximum Gasteiger partial charge on any atom is 0.417 e. The van der Waals surface area contributed by atoms with Crippen molar-refractivity contribution in [2.45, 2.75) is 39.0 Å². The minimum Gasteiger partial charge on any atom is -0.356 e. The van der Waals surface area contributed by atoms with Crippen LogP contribution < -0.4 is 5.32 Å². The number of halogens is 3. The molecule has 0 bridgehead atoms. The summed E-state index contributed by atoms with van der Waals surface area (Å²) < 4.78 is 44.3. The highest BCUT2D eigenvalue weighted by Crippen LogP contribution is 2.38. The number of hydrogen-bond acceptors (Lipinski definition) is 3. The molecule has 0 saturated heterocycles. The predicted molar refractivity (Wildman–Crippen MR) is 73.5 cm³/mol. The van der Waals surface area contributed by atoms with Crippen LogP contribution in [-0.2, 0) is 12.7 Å². The number of alkyl halides is 3. The molecule has 0 atom stereocenters. The van der Waals surface area contributed by atoms with E-state index in [0.29, 0.717) is 12.1 Å². The summed E-state index contributed by atoms with van der Waals surface area (Å²) in [6, 6.07) is 5.34. The van der Waals surface area contributed by atoms with E-state index in [1.54, 1.807) is 6.07 Å². The first-order valence-electron chi connectivity index (χ1n) is 6.53. The molecule has 0 aliphatic rings. The minimum atomic E-state index is -4.43. The van der Waals surface area contributed by atoms with Crippen molar-refractivity contribution in [1.82, 2.24) is 10.5 Å². The summed E-state index contributed by atoms with van der Waals surface area (Å²) in [7, 11) is 0. The smallest absolute Gasteiger partial charge is 0.356 e. The zero-order chi connectivity index (χ0) is 15.7. The van der Waals surface area contributed by atoms with E-state index < -0.39 is 11.7 Å². The Hall–Kier alpha value is -1.82. The Balaban J connectivity index is 2.38. The molecular weight excluding hydrogens is 281 g/mol. The van der Waals surface area contributed by atoms with E-state index >= 15 is 0 Å². The number of aromatic nitrogens is 1.